The van der Waals surface area contributed by atoms with Crippen molar-refractivity contribution < 1.29 is 4.74 Å². The number of hydrogen-bond acceptors (Lipinski definition) is 3. The number of nitrogens with one attached hydrogen (secondary N) is 1. The second-order valence-corrected chi connectivity index (χ2v) is 6.86. The highest BCUT2D eigenvalue weighted by molar-refractivity contribution is 9.11. The highest BCUT2D eigenvalue weighted by Gasteiger charge is 2.25. The van der Waals surface area contributed by atoms with Crippen molar-refractivity contribution in [1.29, 1.82) is 0 Å². The van der Waals surface area contributed by atoms with Crippen molar-refractivity contribution in [2.75, 3.05) is 19.8 Å². The van der Waals surface area contributed by atoms with Gasteiger partial charge >= 0.3 is 0 Å². The van der Waals surface area contributed by atoms with E-state index in [4.69, 9.17) is 4.74 Å². The van der Waals surface area contributed by atoms with E-state index in [1.54, 1.807) is 11.3 Å². The largest absolute Gasteiger partial charge is 0.381 e. The Morgan fingerprint density at radius 1 is 1.53 bits per heavy atom. The van der Waals surface area contributed by atoms with E-state index in [1.165, 1.54) is 28.6 Å². The summed E-state index contributed by atoms with van der Waals surface area (Å²) in [6.07, 6.45) is 3.54. The van der Waals surface area contributed by atoms with Gasteiger partial charge < -0.3 is 10.1 Å². The Morgan fingerprint density at radius 3 is 2.88 bits per heavy atom. The lowest BCUT2D eigenvalue weighted by Gasteiger charge is -2.30. The summed E-state index contributed by atoms with van der Waals surface area (Å²) in [7, 11) is 0. The summed E-state index contributed by atoms with van der Waals surface area (Å²) in [5, 5.41) is 5.97. The average molecular weight is 318 g/mol. The minimum atomic E-state index is 0.501. The van der Waals surface area contributed by atoms with Crippen molar-refractivity contribution in [2.45, 2.75) is 32.2 Å². The Labute approximate surface area is 116 Å². The van der Waals surface area contributed by atoms with Gasteiger partial charge in [0.2, 0.25) is 0 Å². The first-order valence-corrected chi connectivity index (χ1v) is 8.03. The van der Waals surface area contributed by atoms with Crippen LogP contribution in [0.25, 0.3) is 0 Å². The van der Waals surface area contributed by atoms with Crippen LogP contribution in [-0.2, 0) is 4.74 Å². The van der Waals surface area contributed by atoms with Crippen LogP contribution in [0.3, 0.4) is 0 Å². The van der Waals surface area contributed by atoms with Gasteiger partial charge in [-0.05, 0) is 64.7 Å². The van der Waals surface area contributed by atoms with Crippen LogP contribution in [0.1, 0.15) is 37.8 Å². The van der Waals surface area contributed by atoms with Crippen LogP contribution in [0, 0.1) is 5.92 Å². The minimum absolute atomic E-state index is 0.501. The van der Waals surface area contributed by atoms with E-state index >= 15 is 0 Å². The van der Waals surface area contributed by atoms with Gasteiger partial charge in [0, 0.05) is 19.3 Å². The van der Waals surface area contributed by atoms with Crippen LogP contribution in [0.15, 0.2) is 15.2 Å². The molecular weight excluding hydrogens is 298 g/mol. The lowest BCUT2D eigenvalue weighted by atomic mass is 9.88. The number of hydrogen-bond donors (Lipinski definition) is 1. The summed E-state index contributed by atoms with van der Waals surface area (Å²) in [6.45, 7) is 5.15. The maximum atomic E-state index is 5.46. The molecule has 0 aliphatic carbocycles. The molecule has 0 saturated carbocycles. The predicted octanol–water partition coefficient (Wildman–Crippen LogP) is 3.98. The van der Waals surface area contributed by atoms with Crippen LogP contribution >= 0.6 is 27.3 Å². The maximum Gasteiger partial charge on any atom is 0.0701 e. The molecule has 96 valence electrons. The molecule has 1 aromatic rings. The van der Waals surface area contributed by atoms with Gasteiger partial charge in [0.1, 0.15) is 0 Å². The van der Waals surface area contributed by atoms with Crippen molar-refractivity contribution >= 4 is 27.3 Å². The molecule has 2 rings (SSSR count). The molecular formula is C13H20BrNOS. The first-order chi connectivity index (χ1) is 8.31. The van der Waals surface area contributed by atoms with Gasteiger partial charge in [0.15, 0.2) is 0 Å². The molecule has 1 fully saturated rings. The van der Waals surface area contributed by atoms with Crippen molar-refractivity contribution in [3.63, 3.8) is 0 Å². The SMILES string of the molecule is CCCNC(c1csc(Br)c1)C1CCOCC1. The molecule has 4 heteroatoms. The van der Waals surface area contributed by atoms with Crippen molar-refractivity contribution in [3.05, 3.63) is 20.8 Å². The topological polar surface area (TPSA) is 21.3 Å². The zero-order valence-corrected chi connectivity index (χ0v) is 12.6. The predicted molar refractivity (Wildman–Crippen MR) is 76.6 cm³/mol. The molecule has 0 aromatic carbocycles. The van der Waals surface area contributed by atoms with Gasteiger partial charge in [0.05, 0.1) is 3.79 Å². The Hall–Kier alpha value is 0.1000. The lowest BCUT2D eigenvalue weighted by molar-refractivity contribution is 0.0537. The smallest absolute Gasteiger partial charge is 0.0701 e. The van der Waals surface area contributed by atoms with Gasteiger partial charge in [-0.25, -0.2) is 0 Å². The Kier molecular flexibility index (Phi) is 5.48. The number of rotatable bonds is 5. The Balaban J connectivity index is 2.06. The molecule has 1 atom stereocenters. The van der Waals surface area contributed by atoms with Crippen LogP contribution in [0.4, 0.5) is 0 Å². The third kappa shape index (κ3) is 3.78. The maximum absolute atomic E-state index is 5.46. The highest BCUT2D eigenvalue weighted by atomic mass is 79.9. The van der Waals surface area contributed by atoms with Crippen LogP contribution in [-0.4, -0.2) is 19.8 Å². The fourth-order valence-corrected chi connectivity index (χ4v) is 3.60. The van der Waals surface area contributed by atoms with E-state index in [2.05, 4.69) is 39.6 Å². The van der Waals surface area contributed by atoms with Crippen molar-refractivity contribution in [2.24, 2.45) is 5.92 Å². The summed E-state index contributed by atoms with van der Waals surface area (Å²) in [4.78, 5) is 0. The van der Waals surface area contributed by atoms with E-state index in [1.807, 2.05) is 0 Å². The van der Waals surface area contributed by atoms with Crippen LogP contribution in [0.5, 0.6) is 0 Å². The van der Waals surface area contributed by atoms with Gasteiger partial charge in [-0.2, -0.15) is 0 Å². The number of halogens is 1. The first-order valence-electron chi connectivity index (χ1n) is 6.36. The first kappa shape index (κ1) is 13.5. The zero-order valence-electron chi connectivity index (χ0n) is 10.2. The third-order valence-electron chi connectivity index (χ3n) is 3.30. The zero-order chi connectivity index (χ0) is 12.1. The molecule has 1 aliphatic heterocycles. The van der Waals surface area contributed by atoms with E-state index in [-0.39, 0.29) is 0 Å². The number of ether oxygens (including phenoxy) is 1. The monoisotopic (exact) mass is 317 g/mol. The van der Waals surface area contributed by atoms with E-state index in [9.17, 15) is 0 Å². The second kappa shape index (κ2) is 6.88. The van der Waals surface area contributed by atoms with Gasteiger partial charge in [-0.15, -0.1) is 11.3 Å². The van der Waals surface area contributed by atoms with E-state index in [0.717, 1.165) is 25.7 Å². The molecule has 0 radical (unpaired) electrons. The van der Waals surface area contributed by atoms with Gasteiger partial charge in [0.25, 0.3) is 0 Å². The van der Waals surface area contributed by atoms with Crippen molar-refractivity contribution in [3.8, 4) is 0 Å². The fourth-order valence-electron chi connectivity index (χ4n) is 2.39. The van der Waals surface area contributed by atoms with Gasteiger partial charge in [-0.3, -0.25) is 0 Å². The van der Waals surface area contributed by atoms with Crippen LogP contribution in [0.2, 0.25) is 0 Å². The highest BCUT2D eigenvalue weighted by Crippen LogP contribution is 2.33. The molecule has 1 aliphatic rings. The normalized spacial score (nSPS) is 19.4. The van der Waals surface area contributed by atoms with E-state index in [0.29, 0.717) is 6.04 Å². The van der Waals surface area contributed by atoms with Crippen LogP contribution < -0.4 is 5.32 Å². The summed E-state index contributed by atoms with van der Waals surface area (Å²) in [5.74, 6) is 0.719. The lowest BCUT2D eigenvalue weighted by Crippen LogP contribution is -2.32. The average Bonchev–Trinajstić information content (AvgIpc) is 2.78. The summed E-state index contributed by atoms with van der Waals surface area (Å²) < 4.78 is 6.69. The molecule has 2 nitrogen and oxygen atoms in total. The molecule has 1 aromatic heterocycles. The van der Waals surface area contributed by atoms with Gasteiger partial charge in [-0.1, -0.05) is 6.92 Å². The second-order valence-electron chi connectivity index (χ2n) is 4.57. The quantitative estimate of drug-likeness (QED) is 0.887. The van der Waals surface area contributed by atoms with E-state index < -0.39 is 0 Å². The standard InChI is InChI=1S/C13H20BrNOS/c1-2-5-15-13(10-3-6-16-7-4-10)11-8-12(14)17-9-11/h8-10,13,15H,2-7H2,1H3. The molecule has 0 bridgehead atoms. The minimum Gasteiger partial charge on any atom is -0.381 e. The summed E-state index contributed by atoms with van der Waals surface area (Å²) >= 11 is 5.33. The summed E-state index contributed by atoms with van der Waals surface area (Å²) in [6, 6.07) is 2.76. The Bertz CT molecular complexity index is 336. The molecule has 2 heterocycles. The molecule has 0 amide bonds. The molecule has 0 spiro atoms. The summed E-state index contributed by atoms with van der Waals surface area (Å²) in [5.41, 5.74) is 1.43. The molecule has 1 unspecified atom stereocenters. The fraction of sp³-hybridized carbons (Fsp3) is 0.692. The molecule has 17 heavy (non-hydrogen) atoms. The number of thiophene rings is 1. The van der Waals surface area contributed by atoms with Crippen molar-refractivity contribution in [1.82, 2.24) is 5.32 Å². The molecule has 1 N–H and O–H groups in total. The third-order valence-corrected chi connectivity index (χ3v) is 4.82. The Morgan fingerprint density at radius 2 is 2.29 bits per heavy atom. The molecule has 1 saturated heterocycles.